The fourth-order valence-electron chi connectivity index (χ4n) is 1.17. The van der Waals surface area contributed by atoms with Crippen molar-refractivity contribution in [3.63, 3.8) is 0 Å². The van der Waals surface area contributed by atoms with Gasteiger partial charge in [0.1, 0.15) is 0 Å². The number of para-hydroxylation sites is 1. The van der Waals surface area contributed by atoms with Crippen molar-refractivity contribution in [3.8, 4) is 0 Å². The molecule has 0 aliphatic heterocycles. The summed E-state index contributed by atoms with van der Waals surface area (Å²) in [6.45, 7) is 0. The molecule has 0 heterocycles. The molecule has 0 aromatic heterocycles. The normalized spacial score (nSPS) is 12.4. The summed E-state index contributed by atoms with van der Waals surface area (Å²) < 4.78 is 0. The molecular formula is C9H10BrNO3. The van der Waals surface area contributed by atoms with Gasteiger partial charge in [-0.15, -0.1) is 0 Å². The van der Waals surface area contributed by atoms with Crippen molar-refractivity contribution in [1.29, 1.82) is 0 Å². The zero-order chi connectivity index (χ0) is 10.6. The third-order valence-corrected chi connectivity index (χ3v) is 2.57. The molecule has 1 rings (SSSR count). The van der Waals surface area contributed by atoms with Crippen molar-refractivity contribution >= 4 is 21.6 Å². The van der Waals surface area contributed by atoms with E-state index in [-0.39, 0.29) is 5.69 Å². The molecule has 0 saturated heterocycles. The van der Waals surface area contributed by atoms with Gasteiger partial charge in [0.05, 0.1) is 11.0 Å². The molecule has 1 atom stereocenters. The summed E-state index contributed by atoms with van der Waals surface area (Å²) in [6, 6.07) is 6.44. The number of nitrogens with zero attached hydrogens (tertiary/aromatic N) is 1. The molecule has 4 nitrogen and oxygen atoms in total. The summed E-state index contributed by atoms with van der Waals surface area (Å²) >= 11 is 3.11. The largest absolute Gasteiger partial charge is 0.392 e. The molecule has 76 valence electrons. The first-order chi connectivity index (χ1) is 6.65. The molecule has 5 heteroatoms. The van der Waals surface area contributed by atoms with Crippen LogP contribution < -0.4 is 0 Å². The van der Waals surface area contributed by atoms with Gasteiger partial charge in [0, 0.05) is 23.4 Å². The molecule has 1 N–H and O–H groups in total. The maximum atomic E-state index is 10.6. The van der Waals surface area contributed by atoms with Gasteiger partial charge in [-0.2, -0.15) is 0 Å². The van der Waals surface area contributed by atoms with E-state index in [0.717, 1.165) is 0 Å². The van der Waals surface area contributed by atoms with Gasteiger partial charge in [-0.25, -0.2) is 0 Å². The van der Waals surface area contributed by atoms with Gasteiger partial charge in [-0.05, 0) is 0 Å². The summed E-state index contributed by atoms with van der Waals surface area (Å²) in [5.74, 6) is 0. The highest BCUT2D eigenvalue weighted by Crippen LogP contribution is 2.19. The van der Waals surface area contributed by atoms with E-state index in [1.165, 1.54) is 6.07 Å². The molecule has 14 heavy (non-hydrogen) atoms. The summed E-state index contributed by atoms with van der Waals surface area (Å²) in [5, 5.41) is 20.4. The Balaban J connectivity index is 2.90. The second-order valence-electron chi connectivity index (χ2n) is 2.90. The van der Waals surface area contributed by atoms with Gasteiger partial charge in [0.15, 0.2) is 0 Å². The summed E-state index contributed by atoms with van der Waals surface area (Å²) in [7, 11) is 0. The number of rotatable bonds is 4. The fraction of sp³-hybridized carbons (Fsp3) is 0.333. The van der Waals surface area contributed by atoms with E-state index in [1.54, 1.807) is 18.2 Å². The lowest BCUT2D eigenvalue weighted by Crippen LogP contribution is -2.12. The van der Waals surface area contributed by atoms with Gasteiger partial charge < -0.3 is 5.11 Å². The molecule has 0 aliphatic rings. The zero-order valence-electron chi connectivity index (χ0n) is 7.39. The van der Waals surface area contributed by atoms with Crippen molar-refractivity contribution in [2.45, 2.75) is 12.5 Å². The Morgan fingerprint density at radius 3 is 2.71 bits per heavy atom. The Morgan fingerprint density at radius 2 is 2.14 bits per heavy atom. The molecule has 0 spiro atoms. The zero-order valence-corrected chi connectivity index (χ0v) is 8.98. The standard InChI is InChI=1S/C9H10BrNO3/c10-6-8(12)5-7-3-1-2-4-9(7)11(13)14/h1-4,8,12H,5-6H2/t8-/m0/s1. The average molecular weight is 260 g/mol. The summed E-state index contributed by atoms with van der Waals surface area (Å²) in [4.78, 5) is 10.2. The molecule has 0 saturated carbocycles. The predicted molar refractivity (Wildman–Crippen MR) is 56.6 cm³/mol. The predicted octanol–water partition coefficient (Wildman–Crippen LogP) is 1.89. The number of hydrogen-bond donors (Lipinski definition) is 1. The number of benzene rings is 1. The molecule has 0 bridgehead atoms. The Hall–Kier alpha value is -0.940. The minimum absolute atomic E-state index is 0.0625. The second-order valence-corrected chi connectivity index (χ2v) is 3.55. The van der Waals surface area contributed by atoms with Gasteiger partial charge in [-0.3, -0.25) is 10.1 Å². The highest BCUT2D eigenvalue weighted by molar-refractivity contribution is 9.09. The average Bonchev–Trinajstić information content (AvgIpc) is 2.18. The van der Waals surface area contributed by atoms with Crippen molar-refractivity contribution < 1.29 is 10.0 Å². The second kappa shape index (κ2) is 5.07. The number of aliphatic hydroxyl groups excluding tert-OH is 1. The number of halogens is 1. The molecule has 1 aromatic carbocycles. The van der Waals surface area contributed by atoms with Crippen molar-refractivity contribution in [2.75, 3.05) is 5.33 Å². The number of aliphatic hydroxyl groups is 1. The van der Waals surface area contributed by atoms with Gasteiger partial charge >= 0.3 is 0 Å². The molecule has 0 unspecified atom stereocenters. The van der Waals surface area contributed by atoms with Crippen LogP contribution in [0.15, 0.2) is 24.3 Å². The molecule has 0 radical (unpaired) electrons. The lowest BCUT2D eigenvalue weighted by atomic mass is 10.1. The molecule has 0 fully saturated rings. The van der Waals surface area contributed by atoms with Crippen LogP contribution in [-0.2, 0) is 6.42 Å². The van der Waals surface area contributed by atoms with E-state index >= 15 is 0 Å². The minimum atomic E-state index is -0.587. The topological polar surface area (TPSA) is 63.4 Å². The molecule has 1 aromatic rings. The fourth-order valence-corrected chi connectivity index (χ4v) is 1.40. The molecule has 0 amide bonds. The van der Waals surface area contributed by atoms with E-state index in [0.29, 0.717) is 17.3 Å². The number of nitro benzene ring substituents is 1. The van der Waals surface area contributed by atoms with Crippen LogP contribution in [-0.4, -0.2) is 21.5 Å². The smallest absolute Gasteiger partial charge is 0.272 e. The highest BCUT2D eigenvalue weighted by atomic mass is 79.9. The Labute approximate surface area is 89.8 Å². The van der Waals surface area contributed by atoms with Crippen molar-refractivity contribution in [2.24, 2.45) is 0 Å². The third kappa shape index (κ3) is 2.78. The highest BCUT2D eigenvalue weighted by Gasteiger charge is 2.14. The van der Waals surface area contributed by atoms with Crippen LogP contribution in [0.3, 0.4) is 0 Å². The first-order valence-electron chi connectivity index (χ1n) is 4.11. The van der Waals surface area contributed by atoms with Crippen LogP contribution in [0.4, 0.5) is 5.69 Å². The van der Waals surface area contributed by atoms with Crippen LogP contribution in [0, 0.1) is 10.1 Å². The Kier molecular flexibility index (Phi) is 4.03. The minimum Gasteiger partial charge on any atom is -0.392 e. The molecular weight excluding hydrogens is 250 g/mol. The lowest BCUT2D eigenvalue weighted by molar-refractivity contribution is -0.385. The molecule has 0 aliphatic carbocycles. The Morgan fingerprint density at radius 1 is 1.50 bits per heavy atom. The number of hydrogen-bond acceptors (Lipinski definition) is 3. The number of alkyl halides is 1. The number of nitro groups is 1. The van der Waals surface area contributed by atoms with Crippen molar-refractivity contribution in [3.05, 3.63) is 39.9 Å². The van der Waals surface area contributed by atoms with Crippen LogP contribution in [0.2, 0.25) is 0 Å². The van der Waals surface area contributed by atoms with Crippen LogP contribution in [0.1, 0.15) is 5.56 Å². The third-order valence-electron chi connectivity index (χ3n) is 1.82. The maximum Gasteiger partial charge on any atom is 0.272 e. The van der Waals surface area contributed by atoms with Crippen LogP contribution >= 0.6 is 15.9 Å². The van der Waals surface area contributed by atoms with E-state index in [1.807, 2.05) is 0 Å². The monoisotopic (exact) mass is 259 g/mol. The van der Waals surface area contributed by atoms with Crippen molar-refractivity contribution in [1.82, 2.24) is 0 Å². The van der Waals surface area contributed by atoms with E-state index in [4.69, 9.17) is 0 Å². The SMILES string of the molecule is O=[N+]([O-])c1ccccc1C[C@H](O)CBr. The Bertz CT molecular complexity index is 330. The maximum absolute atomic E-state index is 10.6. The van der Waals surface area contributed by atoms with E-state index < -0.39 is 11.0 Å². The first kappa shape index (κ1) is 11.1. The van der Waals surface area contributed by atoms with Crippen LogP contribution in [0.5, 0.6) is 0 Å². The van der Waals surface area contributed by atoms with E-state index in [2.05, 4.69) is 15.9 Å². The van der Waals surface area contributed by atoms with E-state index in [9.17, 15) is 15.2 Å². The first-order valence-corrected chi connectivity index (χ1v) is 5.23. The summed E-state index contributed by atoms with van der Waals surface area (Å²) in [5.41, 5.74) is 0.622. The quantitative estimate of drug-likeness (QED) is 0.510. The lowest BCUT2D eigenvalue weighted by Gasteiger charge is -2.06. The van der Waals surface area contributed by atoms with Crippen LogP contribution in [0.25, 0.3) is 0 Å². The van der Waals surface area contributed by atoms with Gasteiger partial charge in [0.25, 0.3) is 5.69 Å². The van der Waals surface area contributed by atoms with Gasteiger partial charge in [0.2, 0.25) is 0 Å². The van der Waals surface area contributed by atoms with Gasteiger partial charge in [-0.1, -0.05) is 34.1 Å². The summed E-state index contributed by atoms with van der Waals surface area (Å²) in [6.07, 6.45) is -0.293.